The van der Waals surface area contributed by atoms with Gasteiger partial charge in [-0.05, 0) is 42.0 Å². The Bertz CT molecular complexity index is 888. The molecule has 0 saturated carbocycles. The van der Waals surface area contributed by atoms with E-state index < -0.39 is 0 Å². The van der Waals surface area contributed by atoms with Crippen molar-refractivity contribution in [2.75, 3.05) is 13.1 Å². The molecule has 0 bridgehead atoms. The molecule has 1 aliphatic heterocycles. The van der Waals surface area contributed by atoms with Gasteiger partial charge in [-0.2, -0.15) is 15.0 Å². The number of amides is 1. The second kappa shape index (κ2) is 7.25. The molecule has 1 amide bonds. The molecule has 1 saturated heterocycles. The number of aromatic nitrogens is 3. The zero-order valence-electron chi connectivity index (χ0n) is 14.6. The average Bonchev–Trinajstić information content (AvgIpc) is 3.28. The first-order chi connectivity index (χ1) is 12.7. The normalized spacial score (nSPS) is 17.1. The molecule has 1 fully saturated rings. The van der Waals surface area contributed by atoms with Crippen LogP contribution in [-0.2, 0) is 24.4 Å². The average molecular weight is 350 g/mol. The molecule has 3 aromatic rings. The van der Waals surface area contributed by atoms with Crippen molar-refractivity contribution >= 4 is 16.9 Å². The summed E-state index contributed by atoms with van der Waals surface area (Å²) in [6.45, 7) is 1.79. The molecule has 1 N–H and O–H groups in total. The van der Waals surface area contributed by atoms with Gasteiger partial charge in [0.1, 0.15) is 17.6 Å². The first kappa shape index (κ1) is 16.7. The van der Waals surface area contributed by atoms with Crippen LogP contribution in [-0.4, -0.2) is 44.0 Å². The van der Waals surface area contributed by atoms with Gasteiger partial charge in [0.05, 0.1) is 6.61 Å². The minimum Gasteiger partial charge on any atom is -0.392 e. The van der Waals surface area contributed by atoms with Gasteiger partial charge >= 0.3 is 0 Å². The number of likely N-dealkylation sites (tertiary alicyclic amines) is 1. The lowest BCUT2D eigenvalue weighted by molar-refractivity contribution is -0.131. The minimum absolute atomic E-state index is 0.0638. The van der Waals surface area contributed by atoms with E-state index in [4.69, 9.17) is 0 Å². The van der Waals surface area contributed by atoms with E-state index in [1.807, 2.05) is 47.4 Å². The number of aliphatic hydroxyl groups excluding tert-OH is 1. The summed E-state index contributed by atoms with van der Waals surface area (Å²) in [5, 5.41) is 18.0. The van der Waals surface area contributed by atoms with Crippen LogP contribution in [0.5, 0.6) is 0 Å². The first-order valence-corrected chi connectivity index (χ1v) is 8.97. The van der Waals surface area contributed by atoms with Crippen molar-refractivity contribution in [1.82, 2.24) is 19.9 Å². The highest BCUT2D eigenvalue weighted by atomic mass is 16.3. The van der Waals surface area contributed by atoms with Crippen LogP contribution in [0.3, 0.4) is 0 Å². The van der Waals surface area contributed by atoms with E-state index in [0.29, 0.717) is 5.92 Å². The summed E-state index contributed by atoms with van der Waals surface area (Å²) >= 11 is 0. The van der Waals surface area contributed by atoms with Gasteiger partial charge < -0.3 is 10.0 Å². The van der Waals surface area contributed by atoms with Crippen LogP contribution in [0.25, 0.3) is 11.0 Å². The van der Waals surface area contributed by atoms with Gasteiger partial charge in [0.2, 0.25) is 5.91 Å². The Morgan fingerprint density at radius 1 is 1.08 bits per heavy atom. The summed E-state index contributed by atoms with van der Waals surface area (Å²) in [6.07, 6.45) is 1.94. The van der Waals surface area contributed by atoms with Crippen LogP contribution < -0.4 is 0 Å². The summed E-state index contributed by atoms with van der Waals surface area (Å²) in [5.74, 6) is 0.523. The van der Waals surface area contributed by atoms with Gasteiger partial charge in [-0.25, -0.2) is 0 Å². The zero-order valence-corrected chi connectivity index (χ0v) is 14.6. The fraction of sp³-hybridized carbons (Fsp3) is 0.350. The molecule has 1 atom stereocenters. The van der Waals surface area contributed by atoms with Gasteiger partial charge in [0.15, 0.2) is 0 Å². The Hall–Kier alpha value is -2.73. The second-order valence-electron chi connectivity index (χ2n) is 6.90. The number of hydrogen-bond acceptors (Lipinski definition) is 4. The third-order valence-electron chi connectivity index (χ3n) is 4.94. The molecule has 6 nitrogen and oxygen atoms in total. The minimum atomic E-state index is 0.0638. The number of rotatable bonds is 5. The highest BCUT2D eigenvalue weighted by Crippen LogP contribution is 2.22. The SMILES string of the molecule is O=C(Cn1nc2ccccc2n1)N1CCC(Cc2cccc(CO)c2)C1. The van der Waals surface area contributed by atoms with E-state index in [-0.39, 0.29) is 19.1 Å². The molecule has 1 aliphatic rings. The fourth-order valence-electron chi connectivity index (χ4n) is 3.61. The summed E-state index contributed by atoms with van der Waals surface area (Å²) in [7, 11) is 0. The van der Waals surface area contributed by atoms with Crippen LogP contribution >= 0.6 is 0 Å². The highest BCUT2D eigenvalue weighted by molar-refractivity contribution is 5.77. The first-order valence-electron chi connectivity index (χ1n) is 8.97. The van der Waals surface area contributed by atoms with Crippen LogP contribution in [0.15, 0.2) is 48.5 Å². The van der Waals surface area contributed by atoms with E-state index in [0.717, 1.165) is 42.5 Å². The van der Waals surface area contributed by atoms with Crippen LogP contribution in [0.2, 0.25) is 0 Å². The largest absolute Gasteiger partial charge is 0.392 e. The predicted octanol–water partition coefficient (Wildman–Crippen LogP) is 2.01. The van der Waals surface area contributed by atoms with Crippen molar-refractivity contribution in [3.05, 3.63) is 59.7 Å². The summed E-state index contributed by atoms with van der Waals surface area (Å²) in [4.78, 5) is 16.0. The quantitative estimate of drug-likeness (QED) is 0.764. The van der Waals surface area contributed by atoms with Crippen LogP contribution in [0.1, 0.15) is 17.5 Å². The van der Waals surface area contributed by atoms with E-state index >= 15 is 0 Å². The molecule has 0 aliphatic carbocycles. The summed E-state index contributed by atoms with van der Waals surface area (Å²) in [5.41, 5.74) is 3.77. The molecule has 6 heteroatoms. The Labute approximate surface area is 152 Å². The van der Waals surface area contributed by atoms with Gasteiger partial charge in [-0.15, -0.1) is 0 Å². The Balaban J connectivity index is 1.36. The monoisotopic (exact) mass is 350 g/mol. The fourth-order valence-corrected chi connectivity index (χ4v) is 3.61. The number of benzene rings is 2. The molecule has 0 radical (unpaired) electrons. The van der Waals surface area contributed by atoms with E-state index in [2.05, 4.69) is 16.3 Å². The molecule has 2 heterocycles. The van der Waals surface area contributed by atoms with Crippen molar-refractivity contribution in [1.29, 1.82) is 0 Å². The maximum Gasteiger partial charge on any atom is 0.246 e. The number of carbonyl (C=O) groups excluding carboxylic acids is 1. The molecule has 1 aromatic heterocycles. The molecule has 4 rings (SSSR count). The Kier molecular flexibility index (Phi) is 4.67. The number of aliphatic hydroxyl groups is 1. The number of hydrogen-bond donors (Lipinski definition) is 1. The summed E-state index contributed by atoms with van der Waals surface area (Å²) < 4.78 is 0. The van der Waals surface area contributed by atoms with Crippen LogP contribution in [0, 0.1) is 5.92 Å². The maximum absolute atomic E-state index is 12.6. The third-order valence-corrected chi connectivity index (χ3v) is 4.94. The highest BCUT2D eigenvalue weighted by Gasteiger charge is 2.26. The lowest BCUT2D eigenvalue weighted by Crippen LogP contribution is -2.32. The Morgan fingerprint density at radius 2 is 1.81 bits per heavy atom. The Morgan fingerprint density at radius 3 is 2.54 bits per heavy atom. The molecule has 134 valence electrons. The molecule has 2 aromatic carbocycles. The van der Waals surface area contributed by atoms with E-state index in [9.17, 15) is 9.90 Å². The van der Waals surface area contributed by atoms with Gasteiger partial charge in [0.25, 0.3) is 0 Å². The molecule has 1 unspecified atom stereocenters. The molecular weight excluding hydrogens is 328 g/mol. The van der Waals surface area contributed by atoms with Crippen molar-refractivity contribution in [3.63, 3.8) is 0 Å². The summed E-state index contributed by atoms with van der Waals surface area (Å²) in [6, 6.07) is 15.7. The zero-order chi connectivity index (χ0) is 17.9. The molecule has 26 heavy (non-hydrogen) atoms. The van der Waals surface area contributed by atoms with Gasteiger partial charge in [-0.3, -0.25) is 4.79 Å². The van der Waals surface area contributed by atoms with Crippen molar-refractivity contribution in [2.45, 2.75) is 26.0 Å². The third kappa shape index (κ3) is 3.60. The smallest absolute Gasteiger partial charge is 0.246 e. The van der Waals surface area contributed by atoms with Gasteiger partial charge in [-0.1, -0.05) is 36.4 Å². The topological polar surface area (TPSA) is 71.2 Å². The van der Waals surface area contributed by atoms with Crippen molar-refractivity contribution < 1.29 is 9.90 Å². The number of fused-ring (bicyclic) bond motifs is 1. The van der Waals surface area contributed by atoms with Crippen LogP contribution in [0.4, 0.5) is 0 Å². The lowest BCUT2D eigenvalue weighted by atomic mass is 9.97. The number of carbonyl (C=O) groups is 1. The lowest BCUT2D eigenvalue weighted by Gasteiger charge is -2.16. The number of nitrogens with zero attached hydrogens (tertiary/aromatic N) is 4. The van der Waals surface area contributed by atoms with E-state index in [1.165, 1.54) is 10.4 Å². The molecule has 0 spiro atoms. The standard InChI is InChI=1S/C20H22N4O2/c25-14-17-5-3-4-15(11-17)10-16-8-9-23(12-16)20(26)13-24-21-18-6-1-2-7-19(18)22-24/h1-7,11,16,25H,8-10,12-14H2. The second-order valence-corrected chi connectivity index (χ2v) is 6.90. The van der Waals surface area contributed by atoms with Gasteiger partial charge in [0, 0.05) is 13.1 Å². The van der Waals surface area contributed by atoms with Crippen molar-refractivity contribution in [3.8, 4) is 0 Å². The molecular formula is C20H22N4O2. The maximum atomic E-state index is 12.6. The van der Waals surface area contributed by atoms with E-state index in [1.54, 1.807) is 0 Å². The predicted molar refractivity (Wildman–Crippen MR) is 98.3 cm³/mol. The van der Waals surface area contributed by atoms with Crippen molar-refractivity contribution in [2.24, 2.45) is 5.92 Å².